The number of carbonyl (C=O) groups is 4. The number of ketones is 2. The largest absolute Gasteiger partial charge is 0.426 e. The lowest BCUT2D eigenvalue weighted by Gasteiger charge is -2.24. The van der Waals surface area contributed by atoms with Crippen LogP contribution in [0.3, 0.4) is 0 Å². The average Bonchev–Trinajstić information content (AvgIpc) is 3.48. The van der Waals surface area contributed by atoms with Gasteiger partial charge in [-0.3, -0.25) is 19.1 Å². The number of allylic oxidation sites excluding steroid dienone is 2. The number of aryl methyl sites for hydroxylation is 1. The highest BCUT2D eigenvalue weighted by atomic mass is 35.5. The molecule has 1 aliphatic heterocycles. The van der Waals surface area contributed by atoms with Crippen LogP contribution in [0.5, 0.6) is 0 Å². The third-order valence-electron chi connectivity index (χ3n) is 6.23. The SMILES string of the molecule is CCn1cc(C(=O)OC2=C(C(=O)c3ccc(C(F)(F)F)c(N4CCCC4=O)c3Cl)C(=O)CCC2)c(C#N)n1. The number of esters is 1. The van der Waals surface area contributed by atoms with E-state index in [1.54, 1.807) is 13.0 Å². The van der Waals surface area contributed by atoms with Crippen molar-refractivity contribution < 1.29 is 37.1 Å². The summed E-state index contributed by atoms with van der Waals surface area (Å²) in [5, 5.41) is 12.6. The molecule has 0 bridgehead atoms. The summed E-state index contributed by atoms with van der Waals surface area (Å²) < 4.78 is 48.1. The van der Waals surface area contributed by atoms with Gasteiger partial charge in [-0.1, -0.05) is 11.6 Å². The Bertz CT molecular complexity index is 1440. The van der Waals surface area contributed by atoms with Gasteiger partial charge in [-0.2, -0.15) is 23.5 Å². The number of ether oxygens (including phenoxy) is 1. The minimum atomic E-state index is -4.87. The summed E-state index contributed by atoms with van der Waals surface area (Å²) in [7, 11) is 0. The van der Waals surface area contributed by atoms with Crippen molar-refractivity contribution in [1.82, 2.24) is 9.78 Å². The molecule has 2 aliphatic rings. The second-order valence-electron chi connectivity index (χ2n) is 8.62. The van der Waals surface area contributed by atoms with Crippen molar-refractivity contribution in [3.63, 3.8) is 0 Å². The molecule has 9 nitrogen and oxygen atoms in total. The van der Waals surface area contributed by atoms with Crippen LogP contribution in [0.1, 0.15) is 71.0 Å². The van der Waals surface area contributed by atoms with E-state index in [1.807, 2.05) is 0 Å². The van der Waals surface area contributed by atoms with Crippen LogP contribution in [0.25, 0.3) is 0 Å². The minimum Gasteiger partial charge on any atom is -0.426 e. The molecule has 1 fully saturated rings. The highest BCUT2D eigenvalue weighted by Gasteiger charge is 2.41. The minimum absolute atomic E-state index is 0.0120. The van der Waals surface area contributed by atoms with E-state index >= 15 is 0 Å². The van der Waals surface area contributed by atoms with Crippen molar-refractivity contribution in [2.24, 2.45) is 0 Å². The zero-order valence-corrected chi connectivity index (χ0v) is 20.8. The van der Waals surface area contributed by atoms with Crippen molar-refractivity contribution in [2.75, 3.05) is 11.4 Å². The molecule has 4 rings (SSSR count). The Labute approximate surface area is 219 Å². The number of nitriles is 1. The molecule has 1 aliphatic carbocycles. The highest BCUT2D eigenvalue weighted by Crippen LogP contribution is 2.44. The first-order valence-electron chi connectivity index (χ1n) is 11.7. The molecule has 198 valence electrons. The second-order valence-corrected chi connectivity index (χ2v) is 9.00. The molecule has 0 N–H and O–H groups in total. The molecule has 0 saturated carbocycles. The monoisotopic (exact) mass is 548 g/mol. The Morgan fingerprint density at radius 3 is 2.50 bits per heavy atom. The smallest absolute Gasteiger partial charge is 0.418 e. The molecule has 1 amide bonds. The zero-order valence-electron chi connectivity index (χ0n) is 20.0. The number of halogens is 4. The van der Waals surface area contributed by atoms with Crippen molar-refractivity contribution in [3.05, 3.63) is 57.1 Å². The van der Waals surface area contributed by atoms with E-state index in [-0.39, 0.29) is 49.2 Å². The number of Topliss-reactive ketones (excluding diaryl/α,β-unsaturated/α-hetero) is 2. The van der Waals surface area contributed by atoms with E-state index in [9.17, 15) is 37.6 Å². The Morgan fingerprint density at radius 1 is 1.16 bits per heavy atom. The Hall–Kier alpha value is -3.98. The van der Waals surface area contributed by atoms with Gasteiger partial charge in [0.25, 0.3) is 0 Å². The van der Waals surface area contributed by atoms with Gasteiger partial charge < -0.3 is 9.64 Å². The average molecular weight is 549 g/mol. The number of benzene rings is 1. The topological polar surface area (TPSA) is 122 Å². The zero-order chi connectivity index (χ0) is 27.8. The van der Waals surface area contributed by atoms with Gasteiger partial charge in [-0.05, 0) is 31.9 Å². The van der Waals surface area contributed by atoms with E-state index in [0.717, 1.165) is 11.0 Å². The van der Waals surface area contributed by atoms with E-state index in [0.29, 0.717) is 19.0 Å². The first kappa shape index (κ1) is 27.1. The van der Waals surface area contributed by atoms with Crippen molar-refractivity contribution in [2.45, 2.75) is 51.7 Å². The third-order valence-corrected chi connectivity index (χ3v) is 6.61. The van der Waals surface area contributed by atoms with Crippen LogP contribution in [0.2, 0.25) is 5.02 Å². The van der Waals surface area contributed by atoms with Crippen LogP contribution in [0, 0.1) is 11.3 Å². The number of anilines is 1. The number of amides is 1. The highest BCUT2D eigenvalue weighted by molar-refractivity contribution is 6.40. The first-order valence-corrected chi connectivity index (χ1v) is 12.1. The summed E-state index contributed by atoms with van der Waals surface area (Å²) in [5.41, 5.74) is -3.19. The lowest BCUT2D eigenvalue weighted by molar-refractivity contribution is -0.137. The molecule has 13 heteroatoms. The number of hydrogen-bond acceptors (Lipinski definition) is 7. The predicted octanol–water partition coefficient (Wildman–Crippen LogP) is 4.62. The second kappa shape index (κ2) is 10.4. The van der Waals surface area contributed by atoms with Gasteiger partial charge in [0.2, 0.25) is 11.7 Å². The molecule has 1 aromatic heterocycles. The Balaban J connectivity index is 1.79. The van der Waals surface area contributed by atoms with Crippen LogP contribution in [0.15, 0.2) is 29.7 Å². The molecule has 0 radical (unpaired) electrons. The van der Waals surface area contributed by atoms with Gasteiger partial charge in [0.1, 0.15) is 23.0 Å². The number of hydrogen-bond donors (Lipinski definition) is 0. The van der Waals surface area contributed by atoms with E-state index in [4.69, 9.17) is 16.3 Å². The van der Waals surface area contributed by atoms with Crippen LogP contribution in [0.4, 0.5) is 18.9 Å². The fraction of sp³-hybridized carbons (Fsp3) is 0.360. The number of aromatic nitrogens is 2. The van der Waals surface area contributed by atoms with Gasteiger partial charge in [0, 0.05) is 44.1 Å². The van der Waals surface area contributed by atoms with Gasteiger partial charge >= 0.3 is 12.1 Å². The third kappa shape index (κ3) is 4.93. The van der Waals surface area contributed by atoms with Crippen LogP contribution in [-0.4, -0.2) is 39.8 Å². The fourth-order valence-electron chi connectivity index (χ4n) is 4.40. The Morgan fingerprint density at radius 2 is 1.89 bits per heavy atom. The fourth-order valence-corrected chi connectivity index (χ4v) is 4.76. The van der Waals surface area contributed by atoms with Gasteiger partial charge in [-0.25, -0.2) is 4.79 Å². The number of carbonyl (C=O) groups excluding carboxylic acids is 4. The van der Waals surface area contributed by atoms with Crippen LogP contribution >= 0.6 is 11.6 Å². The van der Waals surface area contributed by atoms with Crippen LogP contribution in [-0.2, 0) is 27.0 Å². The maximum atomic E-state index is 13.8. The quantitative estimate of drug-likeness (QED) is 0.293. The predicted molar refractivity (Wildman–Crippen MR) is 126 cm³/mol. The van der Waals surface area contributed by atoms with Crippen molar-refractivity contribution >= 4 is 40.7 Å². The van der Waals surface area contributed by atoms with Crippen LogP contribution < -0.4 is 4.90 Å². The van der Waals surface area contributed by atoms with E-state index in [2.05, 4.69) is 5.10 Å². The summed E-state index contributed by atoms with van der Waals surface area (Å²) in [6.07, 6.45) is -3.04. The lowest BCUT2D eigenvalue weighted by Crippen LogP contribution is -2.28. The van der Waals surface area contributed by atoms with Gasteiger partial charge in [-0.15, -0.1) is 0 Å². The molecule has 1 saturated heterocycles. The van der Waals surface area contributed by atoms with E-state index < -0.39 is 57.0 Å². The summed E-state index contributed by atoms with van der Waals surface area (Å²) in [6.45, 7) is 2.08. The summed E-state index contributed by atoms with van der Waals surface area (Å²) >= 11 is 6.33. The molecular formula is C25H20ClF3N4O5. The van der Waals surface area contributed by atoms with Gasteiger partial charge in [0.15, 0.2) is 11.5 Å². The normalized spacial score (nSPS) is 16.2. The molecule has 0 atom stereocenters. The van der Waals surface area contributed by atoms with E-state index in [1.165, 1.54) is 10.9 Å². The molecular weight excluding hydrogens is 529 g/mol. The standard InChI is InChI=1S/C25H20ClF3N4O5/c1-2-32-12-14(16(11-30)31-32)24(37)38-18-6-3-5-17(34)20(18)23(36)13-8-9-15(25(27,28)29)22(21(13)26)33-10-4-7-19(33)35/h8-9,12H,2-7,10H2,1H3. The maximum absolute atomic E-state index is 13.8. The van der Waals surface area contributed by atoms with Crippen molar-refractivity contribution in [3.8, 4) is 6.07 Å². The first-order chi connectivity index (χ1) is 18.0. The summed E-state index contributed by atoms with van der Waals surface area (Å²) in [4.78, 5) is 52.4. The van der Waals surface area contributed by atoms with Gasteiger partial charge in [0.05, 0.1) is 16.3 Å². The Kier molecular flexibility index (Phi) is 7.42. The molecule has 0 unspecified atom stereocenters. The van der Waals surface area contributed by atoms with Crippen molar-refractivity contribution in [1.29, 1.82) is 5.26 Å². The molecule has 0 spiro atoms. The molecule has 1 aromatic carbocycles. The summed E-state index contributed by atoms with van der Waals surface area (Å²) in [6, 6.07) is 3.25. The number of rotatable bonds is 6. The molecule has 38 heavy (non-hydrogen) atoms. The number of nitrogens with zero attached hydrogens (tertiary/aromatic N) is 4. The maximum Gasteiger partial charge on any atom is 0.418 e. The lowest BCUT2D eigenvalue weighted by atomic mass is 9.89. The molecule has 2 heterocycles. The molecule has 2 aromatic rings. The number of alkyl halides is 3. The summed E-state index contributed by atoms with van der Waals surface area (Å²) in [5.74, 6) is -3.58.